The molecule has 0 radical (unpaired) electrons. The summed E-state index contributed by atoms with van der Waals surface area (Å²) in [5.74, 6) is 0.660. The van der Waals surface area contributed by atoms with Gasteiger partial charge in [-0.3, -0.25) is 4.79 Å². The Bertz CT molecular complexity index is 704. The van der Waals surface area contributed by atoms with E-state index in [0.717, 1.165) is 24.3 Å². The molecule has 0 saturated heterocycles. The van der Waals surface area contributed by atoms with Crippen molar-refractivity contribution in [2.75, 3.05) is 29.1 Å². The normalized spacial score (nSPS) is 14.4. The lowest BCUT2D eigenvalue weighted by molar-refractivity contribution is 0.0989. The summed E-state index contributed by atoms with van der Waals surface area (Å²) in [4.78, 5) is 14.7. The highest BCUT2D eigenvalue weighted by Crippen LogP contribution is 2.29. The fourth-order valence-electron chi connectivity index (χ4n) is 2.78. The quantitative estimate of drug-likeness (QED) is 0.740. The first-order valence-electron chi connectivity index (χ1n) is 7.79. The largest absolute Gasteiger partial charge is 0.383 e. The Kier molecular flexibility index (Phi) is 4.88. The molecule has 0 spiro atoms. The van der Waals surface area contributed by atoms with Gasteiger partial charge in [0.05, 0.1) is 0 Å². The van der Waals surface area contributed by atoms with Crippen LogP contribution in [0.1, 0.15) is 15.9 Å². The summed E-state index contributed by atoms with van der Waals surface area (Å²) in [5.41, 5.74) is 9.70. The van der Waals surface area contributed by atoms with Gasteiger partial charge >= 0.3 is 0 Å². The Hall–Kier alpha value is -1.98. The van der Waals surface area contributed by atoms with Crippen LogP contribution >= 0.6 is 12.6 Å². The minimum Gasteiger partial charge on any atom is -0.383 e. The van der Waals surface area contributed by atoms with Crippen molar-refractivity contribution in [3.05, 3.63) is 59.7 Å². The molecule has 23 heavy (non-hydrogen) atoms. The molecule has 120 valence electrons. The molecule has 1 amide bonds. The van der Waals surface area contributed by atoms with Crippen LogP contribution in [0.15, 0.2) is 48.5 Å². The molecule has 1 atom stereocenters. The first-order valence-corrected chi connectivity index (χ1v) is 8.42. The van der Waals surface area contributed by atoms with Gasteiger partial charge in [0.2, 0.25) is 0 Å². The average Bonchev–Trinajstić information content (AvgIpc) is 3.03. The van der Waals surface area contributed by atoms with Crippen LogP contribution in [-0.2, 0) is 6.42 Å². The summed E-state index contributed by atoms with van der Waals surface area (Å²) < 4.78 is 0. The number of nitrogens with zero attached hydrogens (tertiary/aromatic N) is 1. The third-order valence-electron chi connectivity index (χ3n) is 4.04. The van der Waals surface area contributed by atoms with Crippen LogP contribution in [0.25, 0.3) is 0 Å². The predicted octanol–water partition coefficient (Wildman–Crippen LogP) is 2.56. The zero-order chi connectivity index (χ0) is 16.2. The van der Waals surface area contributed by atoms with Crippen LogP contribution in [0.2, 0.25) is 0 Å². The molecule has 0 aromatic heterocycles. The van der Waals surface area contributed by atoms with E-state index in [1.54, 1.807) is 0 Å². The second kappa shape index (κ2) is 7.06. The van der Waals surface area contributed by atoms with Gasteiger partial charge in [0.25, 0.3) is 5.91 Å². The summed E-state index contributed by atoms with van der Waals surface area (Å²) in [6.07, 6.45) is 0.913. The maximum Gasteiger partial charge on any atom is 0.258 e. The number of carbonyl (C=O) groups excluding carboxylic acids is 1. The third kappa shape index (κ3) is 3.51. The van der Waals surface area contributed by atoms with E-state index >= 15 is 0 Å². The van der Waals surface area contributed by atoms with E-state index < -0.39 is 0 Å². The van der Waals surface area contributed by atoms with E-state index in [-0.39, 0.29) is 11.9 Å². The fraction of sp³-hybridized carbons (Fsp3) is 0.278. The number of anilines is 2. The summed E-state index contributed by atoms with van der Waals surface area (Å²) in [6.45, 7) is 1.37. The number of nitrogens with one attached hydrogen (secondary N) is 1. The molecule has 5 heteroatoms. The molecule has 2 aromatic rings. The minimum atomic E-state index is -0.0110. The molecule has 3 N–H and O–H groups in total. The Balaban J connectivity index is 1.76. The average molecular weight is 327 g/mol. The fourth-order valence-corrected chi connectivity index (χ4v) is 2.91. The number of rotatable bonds is 5. The number of nitrogens with two attached hydrogens (primary N) is 1. The van der Waals surface area contributed by atoms with Gasteiger partial charge in [-0.2, -0.15) is 12.6 Å². The predicted molar refractivity (Wildman–Crippen MR) is 98.6 cm³/mol. The number of fused-ring (bicyclic) bond motifs is 1. The highest BCUT2D eigenvalue weighted by molar-refractivity contribution is 7.80. The summed E-state index contributed by atoms with van der Waals surface area (Å²) in [6, 6.07) is 15.6. The van der Waals surface area contributed by atoms with Crippen LogP contribution in [-0.4, -0.2) is 30.8 Å². The van der Waals surface area contributed by atoms with Crippen molar-refractivity contribution < 1.29 is 4.79 Å². The number of carbonyl (C=O) groups is 1. The lowest BCUT2D eigenvalue weighted by Crippen LogP contribution is -2.31. The molecule has 4 nitrogen and oxygen atoms in total. The Morgan fingerprint density at radius 2 is 2.09 bits per heavy atom. The van der Waals surface area contributed by atoms with E-state index in [1.165, 1.54) is 5.56 Å². The number of benzene rings is 2. The molecule has 2 aromatic carbocycles. The molecule has 1 heterocycles. The van der Waals surface area contributed by atoms with Crippen LogP contribution in [0.5, 0.6) is 0 Å². The zero-order valence-electron chi connectivity index (χ0n) is 12.9. The Morgan fingerprint density at radius 1 is 1.26 bits per heavy atom. The van der Waals surface area contributed by atoms with Gasteiger partial charge in [0.1, 0.15) is 0 Å². The van der Waals surface area contributed by atoms with Crippen molar-refractivity contribution in [3.8, 4) is 0 Å². The lowest BCUT2D eigenvalue weighted by atomic mass is 10.1. The highest BCUT2D eigenvalue weighted by atomic mass is 32.1. The van der Waals surface area contributed by atoms with Gasteiger partial charge in [-0.1, -0.05) is 24.3 Å². The van der Waals surface area contributed by atoms with Gasteiger partial charge < -0.3 is 16.0 Å². The van der Waals surface area contributed by atoms with E-state index in [2.05, 4.69) is 24.0 Å². The molecule has 0 saturated carbocycles. The van der Waals surface area contributed by atoms with Gasteiger partial charge in [-0.05, 0) is 36.2 Å². The molecule has 0 unspecified atom stereocenters. The highest BCUT2D eigenvalue weighted by Gasteiger charge is 2.25. The summed E-state index contributed by atoms with van der Waals surface area (Å²) in [7, 11) is 0. The van der Waals surface area contributed by atoms with Crippen molar-refractivity contribution in [2.24, 2.45) is 5.73 Å². The molecule has 1 aliphatic rings. The number of para-hydroxylation sites is 1. The molecule has 1 aliphatic heterocycles. The standard InChI is InChI=1S/C18H21N3OS/c19-15(12-23)11-20-16-6-3-5-14(10-16)18(22)21-9-8-13-4-1-2-7-17(13)21/h1-7,10,15,20,23H,8-9,11-12,19H2/t15-/m1/s1. The minimum absolute atomic E-state index is 0.0110. The van der Waals surface area contributed by atoms with Gasteiger partial charge in [-0.15, -0.1) is 0 Å². The van der Waals surface area contributed by atoms with Crippen molar-refractivity contribution >= 4 is 29.9 Å². The topological polar surface area (TPSA) is 58.4 Å². The van der Waals surface area contributed by atoms with Crippen molar-refractivity contribution in [1.82, 2.24) is 0 Å². The van der Waals surface area contributed by atoms with Crippen molar-refractivity contribution in [3.63, 3.8) is 0 Å². The maximum atomic E-state index is 12.8. The number of hydrogen-bond acceptors (Lipinski definition) is 4. The van der Waals surface area contributed by atoms with Crippen LogP contribution in [0.4, 0.5) is 11.4 Å². The smallest absolute Gasteiger partial charge is 0.258 e. The SMILES string of the molecule is N[C@@H](CS)CNc1cccc(C(=O)N2CCc3ccccc32)c1. The summed E-state index contributed by atoms with van der Waals surface area (Å²) >= 11 is 4.17. The molecule has 0 bridgehead atoms. The van der Waals surface area contributed by atoms with E-state index in [1.807, 2.05) is 47.4 Å². The van der Waals surface area contributed by atoms with Gasteiger partial charge in [-0.25, -0.2) is 0 Å². The monoisotopic (exact) mass is 327 g/mol. The van der Waals surface area contributed by atoms with Gasteiger partial charge in [0, 0.05) is 41.8 Å². The third-order valence-corrected chi connectivity index (χ3v) is 4.51. The summed E-state index contributed by atoms with van der Waals surface area (Å²) in [5, 5.41) is 3.26. The number of amides is 1. The molecular weight excluding hydrogens is 306 g/mol. The number of hydrogen-bond donors (Lipinski definition) is 3. The van der Waals surface area contributed by atoms with Crippen molar-refractivity contribution in [2.45, 2.75) is 12.5 Å². The zero-order valence-corrected chi connectivity index (χ0v) is 13.8. The first-order chi connectivity index (χ1) is 11.2. The Labute approximate surface area is 142 Å². The molecule has 0 aliphatic carbocycles. The Morgan fingerprint density at radius 3 is 2.91 bits per heavy atom. The molecular formula is C18H21N3OS. The second-order valence-corrected chi connectivity index (χ2v) is 6.11. The van der Waals surface area contributed by atoms with Gasteiger partial charge in [0.15, 0.2) is 0 Å². The van der Waals surface area contributed by atoms with E-state index in [0.29, 0.717) is 17.9 Å². The first kappa shape index (κ1) is 15.9. The van der Waals surface area contributed by atoms with E-state index in [4.69, 9.17) is 5.73 Å². The molecule has 0 fully saturated rings. The maximum absolute atomic E-state index is 12.8. The van der Waals surface area contributed by atoms with Crippen LogP contribution in [0, 0.1) is 0 Å². The lowest BCUT2D eigenvalue weighted by Gasteiger charge is -2.18. The van der Waals surface area contributed by atoms with Crippen LogP contribution < -0.4 is 16.0 Å². The number of thiol groups is 1. The van der Waals surface area contributed by atoms with Crippen molar-refractivity contribution in [1.29, 1.82) is 0 Å². The second-order valence-electron chi connectivity index (χ2n) is 5.74. The molecule has 3 rings (SSSR count). The van der Waals surface area contributed by atoms with E-state index in [9.17, 15) is 4.79 Å². The van der Waals surface area contributed by atoms with Crippen LogP contribution in [0.3, 0.4) is 0 Å².